The Morgan fingerprint density at radius 2 is 2.06 bits per heavy atom. The van der Waals surface area contributed by atoms with Gasteiger partial charge in [-0.3, -0.25) is 9.69 Å². The molecule has 1 unspecified atom stereocenters. The maximum absolute atomic E-state index is 12.1. The zero-order valence-corrected chi connectivity index (χ0v) is 10.7. The van der Waals surface area contributed by atoms with Gasteiger partial charge >= 0.3 is 0 Å². The highest BCUT2D eigenvalue weighted by molar-refractivity contribution is 5.83. The van der Waals surface area contributed by atoms with Gasteiger partial charge in [0.25, 0.3) is 0 Å². The molecule has 1 saturated heterocycles. The van der Waals surface area contributed by atoms with Gasteiger partial charge in [-0.05, 0) is 31.4 Å². The van der Waals surface area contributed by atoms with Gasteiger partial charge in [0.1, 0.15) is 5.78 Å². The quantitative estimate of drug-likeness (QED) is 0.882. The van der Waals surface area contributed by atoms with Gasteiger partial charge in [-0.15, -0.1) is 0 Å². The number of carbonyl (C=O) groups is 1. The van der Waals surface area contributed by atoms with Crippen molar-refractivity contribution in [2.24, 2.45) is 5.92 Å². The number of benzene rings is 1. The van der Waals surface area contributed by atoms with Gasteiger partial charge in [-0.2, -0.15) is 0 Å². The first-order valence-electron chi connectivity index (χ1n) is 6.69. The van der Waals surface area contributed by atoms with Gasteiger partial charge < -0.3 is 5.11 Å². The summed E-state index contributed by atoms with van der Waals surface area (Å²) in [5.41, 5.74) is 1.26. The standard InChI is InChI=1S/C15H21NO2/c17-10-8-14-7-4-9-16(12-15(14)18)11-13-5-2-1-3-6-13/h1-3,5-6,14,17H,4,7-12H2. The maximum atomic E-state index is 12.1. The minimum absolute atomic E-state index is 0.0655. The van der Waals surface area contributed by atoms with Crippen LogP contribution in [0.15, 0.2) is 30.3 Å². The van der Waals surface area contributed by atoms with Gasteiger partial charge in [0.2, 0.25) is 0 Å². The van der Waals surface area contributed by atoms with Crippen molar-refractivity contribution in [2.75, 3.05) is 19.7 Å². The number of carbonyl (C=O) groups excluding carboxylic acids is 1. The van der Waals surface area contributed by atoms with Crippen LogP contribution in [0.3, 0.4) is 0 Å². The Hall–Kier alpha value is -1.19. The number of hydrogen-bond donors (Lipinski definition) is 1. The number of Topliss-reactive ketones (excluding diaryl/α,β-unsaturated/α-hetero) is 1. The van der Waals surface area contributed by atoms with E-state index in [0.717, 1.165) is 25.9 Å². The van der Waals surface area contributed by atoms with Gasteiger partial charge in [-0.1, -0.05) is 30.3 Å². The Labute approximate surface area is 108 Å². The molecule has 1 fully saturated rings. The summed E-state index contributed by atoms with van der Waals surface area (Å²) in [5.74, 6) is 0.355. The molecule has 1 aliphatic heterocycles. The van der Waals surface area contributed by atoms with Crippen molar-refractivity contribution in [1.29, 1.82) is 0 Å². The van der Waals surface area contributed by atoms with Crippen molar-refractivity contribution in [3.63, 3.8) is 0 Å². The normalized spacial score (nSPS) is 21.8. The number of nitrogens with zero attached hydrogens (tertiary/aromatic N) is 1. The Balaban J connectivity index is 1.93. The van der Waals surface area contributed by atoms with Crippen LogP contribution in [0.5, 0.6) is 0 Å². The molecule has 1 heterocycles. The fraction of sp³-hybridized carbons (Fsp3) is 0.533. The molecule has 98 valence electrons. The highest BCUT2D eigenvalue weighted by Crippen LogP contribution is 2.19. The van der Waals surface area contributed by atoms with Crippen molar-refractivity contribution in [2.45, 2.75) is 25.8 Å². The van der Waals surface area contributed by atoms with E-state index in [1.54, 1.807) is 0 Å². The first-order chi connectivity index (χ1) is 8.79. The summed E-state index contributed by atoms with van der Waals surface area (Å²) in [7, 11) is 0. The lowest BCUT2D eigenvalue weighted by atomic mass is 9.96. The van der Waals surface area contributed by atoms with E-state index in [2.05, 4.69) is 17.0 Å². The molecular weight excluding hydrogens is 226 g/mol. The summed E-state index contributed by atoms with van der Waals surface area (Å²) in [6, 6.07) is 10.3. The minimum atomic E-state index is 0.0655. The van der Waals surface area contributed by atoms with E-state index >= 15 is 0 Å². The second kappa shape index (κ2) is 6.66. The molecule has 0 spiro atoms. The average molecular weight is 247 g/mol. The number of rotatable bonds is 4. The molecule has 0 aliphatic carbocycles. The number of ketones is 1. The van der Waals surface area contributed by atoms with E-state index in [4.69, 9.17) is 5.11 Å². The van der Waals surface area contributed by atoms with E-state index in [1.807, 2.05) is 18.2 Å². The molecule has 1 atom stereocenters. The molecule has 0 saturated carbocycles. The van der Waals surface area contributed by atoms with Crippen LogP contribution in [-0.4, -0.2) is 35.5 Å². The molecule has 0 radical (unpaired) electrons. The van der Waals surface area contributed by atoms with Crippen molar-refractivity contribution in [3.05, 3.63) is 35.9 Å². The second-order valence-electron chi connectivity index (χ2n) is 5.01. The fourth-order valence-corrected chi connectivity index (χ4v) is 2.59. The highest BCUT2D eigenvalue weighted by Gasteiger charge is 2.24. The van der Waals surface area contributed by atoms with Crippen molar-refractivity contribution in [1.82, 2.24) is 4.90 Å². The smallest absolute Gasteiger partial charge is 0.149 e. The zero-order valence-electron chi connectivity index (χ0n) is 10.7. The number of aliphatic hydroxyl groups excluding tert-OH is 1. The summed E-state index contributed by atoms with van der Waals surface area (Å²) >= 11 is 0. The van der Waals surface area contributed by atoms with Crippen LogP contribution >= 0.6 is 0 Å². The molecule has 0 bridgehead atoms. The first-order valence-corrected chi connectivity index (χ1v) is 6.69. The Morgan fingerprint density at radius 1 is 1.28 bits per heavy atom. The third kappa shape index (κ3) is 3.65. The van der Waals surface area contributed by atoms with E-state index in [9.17, 15) is 4.79 Å². The lowest BCUT2D eigenvalue weighted by Crippen LogP contribution is -2.30. The molecule has 1 N–H and O–H groups in total. The zero-order chi connectivity index (χ0) is 12.8. The summed E-state index contributed by atoms with van der Waals surface area (Å²) in [6.45, 7) is 2.47. The van der Waals surface area contributed by atoms with E-state index in [0.29, 0.717) is 13.0 Å². The molecule has 3 nitrogen and oxygen atoms in total. The SMILES string of the molecule is O=C1CN(Cc2ccccc2)CCCC1CCO. The first kappa shape index (κ1) is 13.2. The van der Waals surface area contributed by atoms with Gasteiger partial charge in [0, 0.05) is 19.1 Å². The largest absolute Gasteiger partial charge is 0.396 e. The molecular formula is C15H21NO2. The van der Waals surface area contributed by atoms with E-state index in [1.165, 1.54) is 5.56 Å². The average Bonchev–Trinajstić information content (AvgIpc) is 2.54. The number of likely N-dealkylation sites (tertiary alicyclic amines) is 1. The second-order valence-corrected chi connectivity index (χ2v) is 5.01. The lowest BCUT2D eigenvalue weighted by Gasteiger charge is -2.19. The van der Waals surface area contributed by atoms with Crippen LogP contribution in [0.25, 0.3) is 0 Å². The predicted molar refractivity (Wildman–Crippen MR) is 71.2 cm³/mol. The third-order valence-corrected chi connectivity index (χ3v) is 3.59. The predicted octanol–water partition coefficient (Wildman–Crippen LogP) is 1.85. The summed E-state index contributed by atoms with van der Waals surface area (Å²) in [6.07, 6.45) is 2.59. The van der Waals surface area contributed by atoms with Crippen LogP contribution in [0, 0.1) is 5.92 Å². The summed E-state index contributed by atoms with van der Waals surface area (Å²) < 4.78 is 0. The molecule has 0 amide bonds. The van der Waals surface area contributed by atoms with Crippen LogP contribution in [0.4, 0.5) is 0 Å². The van der Waals surface area contributed by atoms with Crippen LogP contribution in [-0.2, 0) is 11.3 Å². The van der Waals surface area contributed by atoms with Crippen LogP contribution in [0.2, 0.25) is 0 Å². The topological polar surface area (TPSA) is 40.5 Å². The molecule has 1 aliphatic rings. The van der Waals surface area contributed by atoms with Gasteiger partial charge in [-0.25, -0.2) is 0 Å². The van der Waals surface area contributed by atoms with E-state index in [-0.39, 0.29) is 18.3 Å². The maximum Gasteiger partial charge on any atom is 0.149 e. The Bertz CT molecular complexity index is 377. The molecule has 2 rings (SSSR count). The van der Waals surface area contributed by atoms with Crippen molar-refractivity contribution < 1.29 is 9.90 Å². The fourth-order valence-electron chi connectivity index (χ4n) is 2.59. The van der Waals surface area contributed by atoms with Crippen LogP contribution in [0.1, 0.15) is 24.8 Å². The Morgan fingerprint density at radius 3 is 2.78 bits per heavy atom. The summed E-state index contributed by atoms with van der Waals surface area (Å²) in [4.78, 5) is 14.3. The van der Waals surface area contributed by atoms with Crippen molar-refractivity contribution >= 4 is 5.78 Å². The third-order valence-electron chi connectivity index (χ3n) is 3.59. The van der Waals surface area contributed by atoms with Crippen LogP contribution < -0.4 is 0 Å². The highest BCUT2D eigenvalue weighted by atomic mass is 16.3. The lowest BCUT2D eigenvalue weighted by molar-refractivity contribution is -0.123. The minimum Gasteiger partial charge on any atom is -0.396 e. The Kier molecular flexibility index (Phi) is 4.90. The molecule has 0 aromatic heterocycles. The molecule has 3 heteroatoms. The summed E-state index contributed by atoms with van der Waals surface area (Å²) in [5, 5.41) is 8.96. The van der Waals surface area contributed by atoms with E-state index < -0.39 is 0 Å². The van der Waals surface area contributed by atoms with Gasteiger partial charge in [0.05, 0.1) is 6.54 Å². The monoisotopic (exact) mass is 247 g/mol. The molecule has 18 heavy (non-hydrogen) atoms. The van der Waals surface area contributed by atoms with Gasteiger partial charge in [0.15, 0.2) is 0 Å². The number of hydrogen-bond acceptors (Lipinski definition) is 3. The van der Waals surface area contributed by atoms with Crippen molar-refractivity contribution in [3.8, 4) is 0 Å². The molecule has 1 aromatic carbocycles. The number of aliphatic hydroxyl groups is 1. The molecule has 1 aromatic rings.